The molecule has 0 saturated carbocycles. The van der Waals surface area contributed by atoms with E-state index in [4.69, 9.17) is 9.47 Å². The Bertz CT molecular complexity index is 1470. The Balaban J connectivity index is 1.34. The maximum absolute atomic E-state index is 12.7. The van der Waals surface area contributed by atoms with Gasteiger partial charge in [0.15, 0.2) is 0 Å². The third-order valence-corrected chi connectivity index (χ3v) is 6.40. The number of carbonyl (C=O) groups excluding carboxylic acids is 1. The van der Waals surface area contributed by atoms with Crippen LogP contribution in [0.2, 0.25) is 0 Å². The highest BCUT2D eigenvalue weighted by Crippen LogP contribution is 2.28. The van der Waals surface area contributed by atoms with Crippen molar-refractivity contribution in [1.29, 1.82) is 5.26 Å². The molecule has 0 aromatic heterocycles. The topological polar surface area (TPSA) is 71.3 Å². The van der Waals surface area contributed by atoms with Gasteiger partial charge in [-0.05, 0) is 88.9 Å². The molecular formula is C32H27BrN2O3. The lowest BCUT2D eigenvalue weighted by Gasteiger charge is -2.10. The molecule has 0 bridgehead atoms. The van der Waals surface area contributed by atoms with Crippen LogP contribution in [0.25, 0.3) is 6.08 Å². The van der Waals surface area contributed by atoms with E-state index in [2.05, 4.69) is 21.2 Å². The zero-order valence-corrected chi connectivity index (χ0v) is 22.8. The number of ether oxygens (including phenoxy) is 2. The molecule has 0 spiro atoms. The van der Waals surface area contributed by atoms with E-state index in [9.17, 15) is 10.1 Å². The predicted molar refractivity (Wildman–Crippen MR) is 154 cm³/mol. The fraction of sp³-hybridized carbons (Fsp3) is 0.125. The first kappa shape index (κ1) is 26.7. The number of benzene rings is 4. The molecule has 4 aromatic rings. The Kier molecular flexibility index (Phi) is 8.97. The van der Waals surface area contributed by atoms with Crippen molar-refractivity contribution in [1.82, 2.24) is 0 Å². The smallest absolute Gasteiger partial charge is 0.266 e. The molecule has 4 rings (SSSR count). The highest BCUT2D eigenvalue weighted by atomic mass is 79.9. The Morgan fingerprint density at radius 3 is 1.97 bits per heavy atom. The fourth-order valence-corrected chi connectivity index (χ4v) is 4.08. The highest BCUT2D eigenvalue weighted by Gasteiger charge is 2.11. The maximum Gasteiger partial charge on any atom is 0.266 e. The van der Waals surface area contributed by atoms with Crippen molar-refractivity contribution in [2.75, 3.05) is 5.32 Å². The quantitative estimate of drug-likeness (QED) is 0.166. The normalized spacial score (nSPS) is 10.9. The van der Waals surface area contributed by atoms with Gasteiger partial charge in [-0.25, -0.2) is 0 Å². The lowest BCUT2D eigenvalue weighted by Crippen LogP contribution is -2.13. The summed E-state index contributed by atoms with van der Waals surface area (Å²) < 4.78 is 12.5. The second-order valence-corrected chi connectivity index (χ2v) is 9.74. The molecule has 38 heavy (non-hydrogen) atoms. The standard InChI is InChI=1S/C32H27BrN2O3/c1-22-3-7-24(8-4-22)20-37-29-14-12-28(13-15-29)35-32(36)27(19-34)17-26-11-16-31(30(33)18-26)38-21-25-9-5-23(2)6-10-25/h3-18H,20-21H2,1-2H3,(H,35,36)/b27-17+. The third-order valence-electron chi connectivity index (χ3n) is 5.79. The number of nitrogens with zero attached hydrogens (tertiary/aromatic N) is 1. The van der Waals surface area contributed by atoms with Crippen molar-refractivity contribution >= 4 is 33.6 Å². The molecule has 0 radical (unpaired) electrons. The first-order valence-electron chi connectivity index (χ1n) is 12.1. The molecule has 0 aliphatic rings. The summed E-state index contributed by atoms with van der Waals surface area (Å²) in [6.45, 7) is 4.99. The molecule has 5 nitrogen and oxygen atoms in total. The van der Waals surface area contributed by atoms with Crippen LogP contribution in [0.5, 0.6) is 11.5 Å². The Morgan fingerprint density at radius 1 is 0.842 bits per heavy atom. The molecule has 4 aromatic carbocycles. The number of amides is 1. The van der Waals surface area contributed by atoms with Gasteiger partial charge in [0.25, 0.3) is 5.91 Å². The van der Waals surface area contributed by atoms with Gasteiger partial charge in [0.2, 0.25) is 0 Å². The van der Waals surface area contributed by atoms with Crippen LogP contribution in [-0.2, 0) is 18.0 Å². The molecule has 0 unspecified atom stereocenters. The summed E-state index contributed by atoms with van der Waals surface area (Å²) in [6.07, 6.45) is 1.54. The van der Waals surface area contributed by atoms with Gasteiger partial charge in [-0.3, -0.25) is 4.79 Å². The summed E-state index contributed by atoms with van der Waals surface area (Å²) in [7, 11) is 0. The van der Waals surface area contributed by atoms with Gasteiger partial charge in [0.1, 0.15) is 36.4 Å². The van der Waals surface area contributed by atoms with Gasteiger partial charge in [-0.15, -0.1) is 0 Å². The number of anilines is 1. The minimum absolute atomic E-state index is 0.00933. The number of nitriles is 1. The van der Waals surface area contributed by atoms with Crippen LogP contribution in [0.3, 0.4) is 0 Å². The monoisotopic (exact) mass is 566 g/mol. The summed E-state index contributed by atoms with van der Waals surface area (Å²) in [5.74, 6) is 0.876. The summed E-state index contributed by atoms with van der Waals surface area (Å²) in [4.78, 5) is 12.7. The molecule has 0 atom stereocenters. The van der Waals surface area contributed by atoms with Gasteiger partial charge in [0.05, 0.1) is 4.47 Å². The Hall–Kier alpha value is -4.34. The first-order chi connectivity index (χ1) is 18.4. The SMILES string of the molecule is Cc1ccc(COc2ccc(NC(=O)/C(C#N)=C/c3ccc(OCc4ccc(C)cc4)c(Br)c3)cc2)cc1. The molecule has 1 amide bonds. The molecule has 0 fully saturated rings. The maximum atomic E-state index is 12.7. The molecule has 0 aliphatic heterocycles. The number of aryl methyl sites for hydroxylation is 2. The highest BCUT2D eigenvalue weighted by molar-refractivity contribution is 9.10. The number of hydrogen-bond donors (Lipinski definition) is 1. The third kappa shape index (κ3) is 7.58. The average molecular weight is 567 g/mol. The molecule has 0 heterocycles. The molecule has 1 N–H and O–H groups in total. The van der Waals surface area contributed by atoms with Crippen molar-refractivity contribution in [3.63, 3.8) is 0 Å². The second-order valence-electron chi connectivity index (χ2n) is 8.89. The fourth-order valence-electron chi connectivity index (χ4n) is 3.57. The summed E-state index contributed by atoms with van der Waals surface area (Å²) in [5, 5.41) is 12.4. The minimum atomic E-state index is -0.489. The van der Waals surface area contributed by atoms with E-state index in [-0.39, 0.29) is 5.57 Å². The molecule has 0 aliphatic carbocycles. The second kappa shape index (κ2) is 12.8. The van der Waals surface area contributed by atoms with E-state index in [0.717, 1.165) is 15.6 Å². The van der Waals surface area contributed by atoms with Gasteiger partial charge in [-0.2, -0.15) is 5.26 Å². The van der Waals surface area contributed by atoms with E-state index in [1.54, 1.807) is 36.4 Å². The minimum Gasteiger partial charge on any atom is -0.489 e. The Labute approximate surface area is 231 Å². The lowest BCUT2D eigenvalue weighted by molar-refractivity contribution is -0.112. The predicted octanol–water partition coefficient (Wildman–Crippen LogP) is 7.77. The van der Waals surface area contributed by atoms with Crippen molar-refractivity contribution in [3.05, 3.63) is 129 Å². The molecule has 0 saturated heterocycles. The van der Waals surface area contributed by atoms with E-state index in [1.807, 2.05) is 80.6 Å². The average Bonchev–Trinajstić information content (AvgIpc) is 2.92. The van der Waals surface area contributed by atoms with Crippen LogP contribution < -0.4 is 14.8 Å². The van der Waals surface area contributed by atoms with Gasteiger partial charge in [-0.1, -0.05) is 65.7 Å². The summed E-state index contributed by atoms with van der Waals surface area (Å²) >= 11 is 3.52. The lowest BCUT2D eigenvalue weighted by atomic mass is 10.1. The van der Waals surface area contributed by atoms with E-state index in [1.165, 1.54) is 11.1 Å². The van der Waals surface area contributed by atoms with Crippen molar-refractivity contribution in [3.8, 4) is 17.6 Å². The van der Waals surface area contributed by atoms with Crippen LogP contribution in [0, 0.1) is 25.2 Å². The van der Waals surface area contributed by atoms with E-state index < -0.39 is 5.91 Å². The Morgan fingerprint density at radius 2 is 1.42 bits per heavy atom. The zero-order valence-electron chi connectivity index (χ0n) is 21.2. The van der Waals surface area contributed by atoms with E-state index >= 15 is 0 Å². The zero-order chi connectivity index (χ0) is 26.9. The van der Waals surface area contributed by atoms with Crippen LogP contribution in [0.4, 0.5) is 5.69 Å². The van der Waals surface area contributed by atoms with Crippen LogP contribution in [0.15, 0.2) is 101 Å². The molecule has 6 heteroatoms. The summed E-state index contributed by atoms with van der Waals surface area (Å²) in [6, 6.07) is 30.8. The first-order valence-corrected chi connectivity index (χ1v) is 12.9. The number of rotatable bonds is 9. The van der Waals surface area contributed by atoms with Crippen molar-refractivity contribution in [2.45, 2.75) is 27.1 Å². The van der Waals surface area contributed by atoms with Crippen molar-refractivity contribution < 1.29 is 14.3 Å². The number of hydrogen-bond acceptors (Lipinski definition) is 4. The van der Waals surface area contributed by atoms with Crippen LogP contribution >= 0.6 is 15.9 Å². The van der Waals surface area contributed by atoms with Gasteiger partial charge >= 0.3 is 0 Å². The molecule has 190 valence electrons. The summed E-state index contributed by atoms with van der Waals surface area (Å²) in [5.41, 5.74) is 5.81. The number of halogens is 1. The van der Waals surface area contributed by atoms with Crippen LogP contribution in [0.1, 0.15) is 27.8 Å². The van der Waals surface area contributed by atoms with Gasteiger partial charge in [0, 0.05) is 5.69 Å². The number of nitrogens with one attached hydrogen (secondary N) is 1. The molecular weight excluding hydrogens is 540 g/mol. The largest absolute Gasteiger partial charge is 0.489 e. The van der Waals surface area contributed by atoms with Crippen molar-refractivity contribution in [2.24, 2.45) is 0 Å². The number of carbonyl (C=O) groups is 1. The van der Waals surface area contributed by atoms with Crippen LogP contribution in [-0.4, -0.2) is 5.91 Å². The van der Waals surface area contributed by atoms with Gasteiger partial charge < -0.3 is 14.8 Å². The van der Waals surface area contributed by atoms with E-state index in [0.29, 0.717) is 36.0 Å².